The first-order chi connectivity index (χ1) is 7.75. The van der Waals surface area contributed by atoms with E-state index in [0.29, 0.717) is 18.1 Å². The molecule has 2 rings (SSSR count). The molecule has 1 fully saturated rings. The molecule has 0 spiro atoms. The van der Waals surface area contributed by atoms with Crippen molar-refractivity contribution in [2.24, 2.45) is 5.92 Å². The molecule has 0 radical (unpaired) electrons. The van der Waals surface area contributed by atoms with Crippen LogP contribution in [0.25, 0.3) is 0 Å². The lowest BCUT2D eigenvalue weighted by Crippen LogP contribution is -2.40. The minimum atomic E-state index is 0.413. The van der Waals surface area contributed by atoms with Crippen molar-refractivity contribution in [3.8, 4) is 0 Å². The molecule has 1 aromatic rings. The fourth-order valence-electron chi connectivity index (χ4n) is 2.11. The Morgan fingerprint density at radius 3 is 3.19 bits per heavy atom. The van der Waals surface area contributed by atoms with Gasteiger partial charge < -0.3 is 10.1 Å². The van der Waals surface area contributed by atoms with Gasteiger partial charge in [-0.2, -0.15) is 5.10 Å². The van der Waals surface area contributed by atoms with Gasteiger partial charge in [0.25, 0.3) is 0 Å². The number of hydrogen-bond donors (Lipinski definition) is 2. The molecule has 0 aromatic carbocycles. The third kappa shape index (κ3) is 3.06. The highest BCUT2D eigenvalue weighted by molar-refractivity contribution is 5.02. The summed E-state index contributed by atoms with van der Waals surface area (Å²) in [4.78, 5) is 0. The van der Waals surface area contributed by atoms with Crippen LogP contribution in [0, 0.1) is 5.92 Å². The van der Waals surface area contributed by atoms with Crippen LogP contribution in [0.5, 0.6) is 0 Å². The molecule has 1 aliphatic heterocycles. The first kappa shape index (κ1) is 11.6. The Bertz CT molecular complexity index is 297. The summed E-state index contributed by atoms with van der Waals surface area (Å²) in [7, 11) is 0. The average molecular weight is 223 g/mol. The van der Waals surface area contributed by atoms with Crippen molar-refractivity contribution < 1.29 is 4.74 Å². The molecule has 4 nitrogen and oxygen atoms in total. The van der Waals surface area contributed by atoms with Crippen LogP contribution in [-0.2, 0) is 11.3 Å². The van der Waals surface area contributed by atoms with Gasteiger partial charge in [0.2, 0.25) is 0 Å². The van der Waals surface area contributed by atoms with E-state index in [2.05, 4.69) is 29.4 Å². The van der Waals surface area contributed by atoms with Crippen molar-refractivity contribution in [1.29, 1.82) is 0 Å². The Hall–Kier alpha value is -0.870. The molecule has 1 saturated heterocycles. The van der Waals surface area contributed by atoms with Crippen molar-refractivity contribution in [2.45, 2.75) is 45.4 Å². The Morgan fingerprint density at radius 1 is 1.62 bits per heavy atom. The summed E-state index contributed by atoms with van der Waals surface area (Å²) >= 11 is 0. The topological polar surface area (TPSA) is 49.9 Å². The third-order valence-corrected chi connectivity index (χ3v) is 3.21. The number of ether oxygens (including phenoxy) is 1. The summed E-state index contributed by atoms with van der Waals surface area (Å²) in [5.74, 6) is 0.610. The van der Waals surface area contributed by atoms with Gasteiger partial charge in [0, 0.05) is 31.0 Å². The van der Waals surface area contributed by atoms with E-state index in [-0.39, 0.29) is 0 Å². The van der Waals surface area contributed by atoms with Crippen molar-refractivity contribution >= 4 is 0 Å². The lowest BCUT2D eigenvalue weighted by Gasteiger charge is -2.32. The van der Waals surface area contributed by atoms with Crippen molar-refractivity contribution in [3.63, 3.8) is 0 Å². The summed E-state index contributed by atoms with van der Waals surface area (Å²) < 4.78 is 5.75. The zero-order valence-corrected chi connectivity index (χ0v) is 10.1. The van der Waals surface area contributed by atoms with Crippen LogP contribution in [0.15, 0.2) is 12.4 Å². The standard InChI is InChI=1S/C12H21N3O/c1-9(2)12-5-11(3-4-16-12)13-6-10-7-14-15-8-10/h7-9,11-13H,3-6H2,1-2H3,(H,14,15). The summed E-state index contributed by atoms with van der Waals surface area (Å²) in [6, 6.07) is 0.580. The van der Waals surface area contributed by atoms with Crippen LogP contribution in [-0.4, -0.2) is 29.0 Å². The fourth-order valence-corrected chi connectivity index (χ4v) is 2.11. The van der Waals surface area contributed by atoms with Crippen LogP contribution in [0.2, 0.25) is 0 Å². The van der Waals surface area contributed by atoms with E-state index in [0.717, 1.165) is 26.0 Å². The quantitative estimate of drug-likeness (QED) is 0.817. The van der Waals surface area contributed by atoms with Crippen molar-refractivity contribution in [1.82, 2.24) is 15.5 Å². The van der Waals surface area contributed by atoms with Crippen LogP contribution in [0.1, 0.15) is 32.3 Å². The van der Waals surface area contributed by atoms with E-state index in [1.165, 1.54) is 5.56 Å². The summed E-state index contributed by atoms with van der Waals surface area (Å²) in [6.45, 7) is 6.23. The summed E-state index contributed by atoms with van der Waals surface area (Å²) in [5, 5.41) is 10.3. The number of aromatic nitrogens is 2. The number of rotatable bonds is 4. The molecule has 1 aromatic heterocycles. The minimum Gasteiger partial charge on any atom is -0.378 e. The lowest BCUT2D eigenvalue weighted by atomic mass is 9.95. The van der Waals surface area contributed by atoms with Crippen LogP contribution in [0.3, 0.4) is 0 Å². The first-order valence-electron chi connectivity index (χ1n) is 6.08. The normalized spacial score (nSPS) is 26.2. The maximum absolute atomic E-state index is 5.75. The second kappa shape index (κ2) is 5.46. The number of nitrogens with zero attached hydrogens (tertiary/aromatic N) is 1. The minimum absolute atomic E-state index is 0.413. The molecule has 2 N–H and O–H groups in total. The largest absolute Gasteiger partial charge is 0.378 e. The van der Waals surface area contributed by atoms with Crippen molar-refractivity contribution in [3.05, 3.63) is 18.0 Å². The van der Waals surface area contributed by atoms with Gasteiger partial charge in [0.15, 0.2) is 0 Å². The van der Waals surface area contributed by atoms with Gasteiger partial charge in [0.05, 0.1) is 12.3 Å². The molecule has 0 bridgehead atoms. The number of H-pyrrole nitrogens is 1. The third-order valence-electron chi connectivity index (χ3n) is 3.21. The highest BCUT2D eigenvalue weighted by atomic mass is 16.5. The SMILES string of the molecule is CC(C)C1CC(NCc2cn[nH]c2)CCO1. The molecular weight excluding hydrogens is 202 g/mol. The fraction of sp³-hybridized carbons (Fsp3) is 0.750. The van der Waals surface area contributed by atoms with Crippen LogP contribution < -0.4 is 5.32 Å². The van der Waals surface area contributed by atoms with Gasteiger partial charge >= 0.3 is 0 Å². The molecule has 0 aliphatic carbocycles. The lowest BCUT2D eigenvalue weighted by molar-refractivity contribution is -0.0245. The van der Waals surface area contributed by atoms with E-state index in [1.807, 2.05) is 12.4 Å². The molecule has 0 amide bonds. The Kier molecular flexibility index (Phi) is 3.96. The van der Waals surface area contributed by atoms with Gasteiger partial charge in [-0.3, -0.25) is 5.10 Å². The number of aromatic amines is 1. The number of hydrogen-bond acceptors (Lipinski definition) is 3. The maximum Gasteiger partial charge on any atom is 0.0612 e. The second-order valence-electron chi connectivity index (χ2n) is 4.86. The predicted molar refractivity (Wildman–Crippen MR) is 63.0 cm³/mol. The molecule has 2 unspecified atom stereocenters. The highest BCUT2D eigenvalue weighted by Gasteiger charge is 2.24. The van der Waals surface area contributed by atoms with Gasteiger partial charge in [0.1, 0.15) is 0 Å². The van der Waals surface area contributed by atoms with E-state index >= 15 is 0 Å². The van der Waals surface area contributed by atoms with Gasteiger partial charge in [-0.15, -0.1) is 0 Å². The van der Waals surface area contributed by atoms with E-state index in [1.54, 1.807) is 0 Å². The van der Waals surface area contributed by atoms with Gasteiger partial charge in [-0.05, 0) is 18.8 Å². The molecule has 4 heteroatoms. The molecule has 16 heavy (non-hydrogen) atoms. The molecule has 0 saturated carbocycles. The average Bonchev–Trinajstić information content (AvgIpc) is 2.79. The first-order valence-corrected chi connectivity index (χ1v) is 6.08. The Labute approximate surface area is 96.8 Å². The van der Waals surface area contributed by atoms with Crippen molar-refractivity contribution in [2.75, 3.05) is 6.61 Å². The summed E-state index contributed by atoms with van der Waals surface area (Å²) in [5.41, 5.74) is 1.22. The van der Waals surface area contributed by atoms with E-state index in [4.69, 9.17) is 4.74 Å². The highest BCUT2D eigenvalue weighted by Crippen LogP contribution is 2.20. The van der Waals surface area contributed by atoms with Crippen LogP contribution >= 0.6 is 0 Å². The van der Waals surface area contributed by atoms with E-state index in [9.17, 15) is 0 Å². The predicted octanol–water partition coefficient (Wildman–Crippen LogP) is 1.70. The van der Waals surface area contributed by atoms with Gasteiger partial charge in [-0.25, -0.2) is 0 Å². The molecule has 2 atom stereocenters. The van der Waals surface area contributed by atoms with Gasteiger partial charge in [-0.1, -0.05) is 13.8 Å². The molecule has 1 aliphatic rings. The van der Waals surface area contributed by atoms with E-state index < -0.39 is 0 Å². The second-order valence-corrected chi connectivity index (χ2v) is 4.86. The zero-order chi connectivity index (χ0) is 11.4. The summed E-state index contributed by atoms with van der Waals surface area (Å²) in [6.07, 6.45) is 6.45. The Morgan fingerprint density at radius 2 is 2.50 bits per heavy atom. The molecule has 90 valence electrons. The maximum atomic E-state index is 5.75. The zero-order valence-electron chi connectivity index (χ0n) is 10.1. The number of nitrogens with one attached hydrogen (secondary N) is 2. The molecule has 2 heterocycles. The smallest absolute Gasteiger partial charge is 0.0612 e. The Balaban J connectivity index is 1.77. The molecular formula is C12H21N3O. The monoisotopic (exact) mass is 223 g/mol. The van der Waals surface area contributed by atoms with Crippen LogP contribution in [0.4, 0.5) is 0 Å².